The van der Waals surface area contributed by atoms with Crippen LogP contribution in [-0.2, 0) is 0 Å². The Morgan fingerprint density at radius 2 is 1.74 bits per heavy atom. The van der Waals surface area contributed by atoms with Gasteiger partial charge in [0.15, 0.2) is 5.82 Å². The highest BCUT2D eigenvalue weighted by Gasteiger charge is 2.22. The lowest BCUT2D eigenvalue weighted by atomic mass is 10.0. The molecule has 0 aliphatic carbocycles. The van der Waals surface area contributed by atoms with Crippen LogP contribution >= 0.6 is 11.6 Å². The van der Waals surface area contributed by atoms with Crippen molar-refractivity contribution in [3.05, 3.63) is 53.4 Å². The molecule has 4 aromatic rings. The van der Waals surface area contributed by atoms with Gasteiger partial charge in [-0.3, -0.25) is 4.98 Å². The van der Waals surface area contributed by atoms with E-state index in [0.717, 1.165) is 36.7 Å². The number of rotatable bonds is 3. The number of methoxy groups -OCH3 is 1. The average Bonchev–Trinajstić information content (AvgIpc) is 3.08. The first kappa shape index (κ1) is 19.9. The number of hydrogen-bond donors (Lipinski definition) is 0. The second-order valence-electron chi connectivity index (χ2n) is 7.76. The van der Waals surface area contributed by atoms with E-state index in [1.165, 1.54) is 20.0 Å². The zero-order chi connectivity index (χ0) is 21.4. The number of benzene rings is 2. The van der Waals surface area contributed by atoms with Crippen LogP contribution in [0.15, 0.2) is 42.6 Å². The van der Waals surface area contributed by atoms with Gasteiger partial charge in [0.25, 0.3) is 0 Å². The van der Waals surface area contributed by atoms with Crippen molar-refractivity contribution >= 4 is 39.1 Å². The molecule has 0 saturated carbocycles. The van der Waals surface area contributed by atoms with Crippen molar-refractivity contribution in [3.63, 3.8) is 0 Å². The summed E-state index contributed by atoms with van der Waals surface area (Å²) in [4.78, 5) is 15.6. The number of halogens is 2. The van der Waals surface area contributed by atoms with Crippen LogP contribution in [0.1, 0.15) is 25.7 Å². The van der Waals surface area contributed by atoms with E-state index in [9.17, 15) is 0 Å². The molecule has 7 heteroatoms. The number of nitrogens with zero attached hydrogens (tertiary/aromatic N) is 4. The Balaban J connectivity index is 1.74. The first-order valence-electron chi connectivity index (χ1n) is 10.5. The molecule has 0 amide bonds. The molecule has 2 aromatic heterocycles. The van der Waals surface area contributed by atoms with E-state index < -0.39 is 5.82 Å². The van der Waals surface area contributed by atoms with Gasteiger partial charge < -0.3 is 9.64 Å². The zero-order valence-corrected chi connectivity index (χ0v) is 18.0. The molecule has 0 N–H and O–H groups in total. The Morgan fingerprint density at radius 1 is 1.00 bits per heavy atom. The van der Waals surface area contributed by atoms with Gasteiger partial charge in [0.05, 0.1) is 12.5 Å². The van der Waals surface area contributed by atoms with Crippen molar-refractivity contribution in [1.82, 2.24) is 15.0 Å². The lowest BCUT2D eigenvalue weighted by Crippen LogP contribution is -2.25. The van der Waals surface area contributed by atoms with Crippen molar-refractivity contribution in [1.29, 1.82) is 0 Å². The summed E-state index contributed by atoms with van der Waals surface area (Å²) in [6.07, 6.45) is 6.21. The Morgan fingerprint density at radius 3 is 2.48 bits per heavy atom. The third-order valence-corrected chi connectivity index (χ3v) is 6.16. The van der Waals surface area contributed by atoms with Crippen LogP contribution in [0.4, 0.5) is 10.2 Å². The number of ether oxygens (including phenoxy) is 1. The normalized spacial score (nSPS) is 14.7. The highest BCUT2D eigenvalue weighted by Crippen LogP contribution is 2.37. The molecule has 5 nitrogen and oxygen atoms in total. The van der Waals surface area contributed by atoms with E-state index in [4.69, 9.17) is 16.3 Å². The fourth-order valence-corrected chi connectivity index (χ4v) is 4.60. The minimum atomic E-state index is -0.498. The SMILES string of the molecule is COc1nc(N2CCCCCC2)c2cnc(-c3cccc4cccc(Cl)c34)c(F)c2n1. The van der Waals surface area contributed by atoms with Crippen LogP contribution < -0.4 is 9.64 Å². The molecule has 0 unspecified atom stereocenters. The molecule has 5 rings (SSSR count). The standard InChI is InChI=1S/C24H22ClFN4O/c1-31-24-28-22-17(23(29-24)30-12-4-2-3-5-13-30)14-27-21(20(22)26)16-10-6-8-15-9-7-11-18(25)19(15)16/h6-11,14H,2-5,12-13H2,1H3. The van der Waals surface area contributed by atoms with Gasteiger partial charge >= 0.3 is 6.01 Å². The van der Waals surface area contributed by atoms with E-state index >= 15 is 4.39 Å². The molecule has 0 radical (unpaired) electrons. The van der Waals surface area contributed by atoms with Gasteiger partial charge in [-0.2, -0.15) is 9.97 Å². The van der Waals surface area contributed by atoms with Crippen molar-refractivity contribution in [3.8, 4) is 17.3 Å². The fourth-order valence-electron chi connectivity index (χ4n) is 4.32. The van der Waals surface area contributed by atoms with Crippen LogP contribution in [-0.4, -0.2) is 35.2 Å². The first-order valence-corrected chi connectivity index (χ1v) is 10.9. The van der Waals surface area contributed by atoms with Gasteiger partial charge in [0.2, 0.25) is 0 Å². The summed E-state index contributed by atoms with van der Waals surface area (Å²) >= 11 is 6.47. The maximum atomic E-state index is 15.9. The Hall–Kier alpha value is -2.99. The molecule has 3 heterocycles. The molecular formula is C24H22ClFN4O. The quantitative estimate of drug-likeness (QED) is 0.392. The van der Waals surface area contributed by atoms with Crippen LogP contribution in [0.25, 0.3) is 32.9 Å². The van der Waals surface area contributed by atoms with Gasteiger partial charge in [0, 0.05) is 35.3 Å². The van der Waals surface area contributed by atoms with Crippen LogP contribution in [0.2, 0.25) is 5.02 Å². The number of pyridine rings is 1. The number of hydrogen-bond acceptors (Lipinski definition) is 5. The summed E-state index contributed by atoms with van der Waals surface area (Å²) in [5.74, 6) is 0.180. The molecule has 158 valence electrons. The van der Waals surface area contributed by atoms with Gasteiger partial charge in [-0.05, 0) is 24.3 Å². The molecular weight excluding hydrogens is 415 g/mol. The summed E-state index contributed by atoms with van der Waals surface area (Å²) < 4.78 is 21.2. The monoisotopic (exact) mass is 436 g/mol. The maximum Gasteiger partial charge on any atom is 0.318 e. The fraction of sp³-hybridized carbons (Fsp3) is 0.292. The van der Waals surface area contributed by atoms with Gasteiger partial charge in [-0.25, -0.2) is 4.39 Å². The topological polar surface area (TPSA) is 51.1 Å². The molecule has 1 aliphatic rings. The van der Waals surface area contributed by atoms with Crippen LogP contribution in [0, 0.1) is 5.82 Å². The van der Waals surface area contributed by atoms with E-state index in [1.54, 1.807) is 12.3 Å². The summed E-state index contributed by atoms with van der Waals surface area (Å²) in [7, 11) is 1.50. The lowest BCUT2D eigenvalue weighted by Gasteiger charge is -2.23. The van der Waals surface area contributed by atoms with Gasteiger partial charge in [0.1, 0.15) is 17.0 Å². The van der Waals surface area contributed by atoms with Crippen molar-refractivity contribution < 1.29 is 9.13 Å². The minimum Gasteiger partial charge on any atom is -0.467 e. The number of fused-ring (bicyclic) bond motifs is 2. The Labute approximate surface area is 184 Å². The Kier molecular flexibility index (Phi) is 5.32. The lowest BCUT2D eigenvalue weighted by molar-refractivity contribution is 0.381. The highest BCUT2D eigenvalue weighted by molar-refractivity contribution is 6.36. The largest absolute Gasteiger partial charge is 0.467 e. The highest BCUT2D eigenvalue weighted by atomic mass is 35.5. The van der Waals surface area contributed by atoms with Crippen molar-refractivity contribution in [2.24, 2.45) is 0 Å². The predicted octanol–water partition coefficient (Wildman–Crippen LogP) is 6.03. The molecule has 1 aliphatic heterocycles. The van der Waals surface area contributed by atoms with Crippen LogP contribution in [0.3, 0.4) is 0 Å². The van der Waals surface area contributed by atoms with E-state index in [2.05, 4.69) is 19.9 Å². The second-order valence-corrected chi connectivity index (χ2v) is 8.17. The van der Waals surface area contributed by atoms with Crippen molar-refractivity contribution in [2.45, 2.75) is 25.7 Å². The van der Waals surface area contributed by atoms with E-state index in [0.29, 0.717) is 21.8 Å². The van der Waals surface area contributed by atoms with Gasteiger partial charge in [-0.15, -0.1) is 0 Å². The summed E-state index contributed by atoms with van der Waals surface area (Å²) in [6, 6.07) is 11.4. The first-order chi connectivity index (χ1) is 15.2. The second kappa shape index (κ2) is 8.27. The molecule has 0 atom stereocenters. The molecule has 1 saturated heterocycles. The molecule has 31 heavy (non-hydrogen) atoms. The van der Waals surface area contributed by atoms with Crippen molar-refractivity contribution in [2.75, 3.05) is 25.1 Å². The van der Waals surface area contributed by atoms with Crippen LogP contribution in [0.5, 0.6) is 6.01 Å². The van der Waals surface area contributed by atoms with E-state index in [1.807, 2.05) is 30.3 Å². The molecule has 1 fully saturated rings. The van der Waals surface area contributed by atoms with Gasteiger partial charge in [-0.1, -0.05) is 54.8 Å². The Bertz CT molecular complexity index is 1270. The predicted molar refractivity (Wildman–Crippen MR) is 122 cm³/mol. The summed E-state index contributed by atoms with van der Waals surface area (Å²) in [5.41, 5.74) is 1.06. The average molecular weight is 437 g/mol. The van der Waals surface area contributed by atoms with E-state index in [-0.39, 0.29) is 17.2 Å². The molecule has 2 aromatic carbocycles. The smallest absolute Gasteiger partial charge is 0.318 e. The number of aromatic nitrogens is 3. The summed E-state index contributed by atoms with van der Waals surface area (Å²) in [6.45, 7) is 1.75. The molecule has 0 spiro atoms. The third-order valence-electron chi connectivity index (χ3n) is 5.84. The molecule has 0 bridgehead atoms. The summed E-state index contributed by atoms with van der Waals surface area (Å²) in [5, 5.41) is 2.85. The maximum absolute atomic E-state index is 15.9. The minimum absolute atomic E-state index is 0.152. The number of anilines is 1. The third kappa shape index (κ3) is 3.55. The zero-order valence-electron chi connectivity index (χ0n) is 17.2.